The maximum absolute atomic E-state index is 13.0. The first-order valence-electron chi connectivity index (χ1n) is 9.26. The molecule has 6 heteroatoms. The Morgan fingerprint density at radius 2 is 2.04 bits per heavy atom. The molecule has 1 N–H and O–H groups in total. The van der Waals surface area contributed by atoms with Gasteiger partial charge in [-0.15, -0.1) is 0 Å². The number of carbonyl (C=O) groups excluding carboxylic acids is 1. The summed E-state index contributed by atoms with van der Waals surface area (Å²) in [4.78, 5) is 19.6. The second-order valence-electron chi connectivity index (χ2n) is 6.99. The van der Waals surface area contributed by atoms with Crippen LogP contribution in [0.2, 0.25) is 0 Å². The number of ether oxygens (including phenoxy) is 1. The summed E-state index contributed by atoms with van der Waals surface area (Å²) >= 11 is 0. The van der Waals surface area contributed by atoms with Crippen molar-refractivity contribution in [2.45, 2.75) is 44.1 Å². The van der Waals surface area contributed by atoms with Crippen molar-refractivity contribution in [3.63, 3.8) is 0 Å². The lowest BCUT2D eigenvalue weighted by Gasteiger charge is -2.31. The van der Waals surface area contributed by atoms with Gasteiger partial charge in [0.15, 0.2) is 5.69 Å². The smallest absolute Gasteiger partial charge is 0.274 e. The molecule has 25 heavy (non-hydrogen) atoms. The molecule has 4 rings (SSSR count). The molecule has 2 aromatic heterocycles. The number of rotatable bonds is 6. The van der Waals surface area contributed by atoms with E-state index in [1.165, 1.54) is 0 Å². The maximum Gasteiger partial charge on any atom is 0.274 e. The average molecular weight is 343 g/mol. The van der Waals surface area contributed by atoms with Gasteiger partial charge in [0.25, 0.3) is 5.91 Å². The molecule has 6 nitrogen and oxygen atoms in total. The Balaban J connectivity index is 1.46. The molecule has 0 radical (unpaired) electrons. The van der Waals surface area contributed by atoms with Gasteiger partial charge in [0.1, 0.15) is 5.82 Å². The maximum atomic E-state index is 13.0. The first kappa shape index (κ1) is 16.5. The van der Waals surface area contributed by atoms with Crippen LogP contribution in [0.15, 0.2) is 24.4 Å². The minimum absolute atomic E-state index is 0.0319. The Bertz CT molecular complexity index is 745. The van der Waals surface area contributed by atoms with E-state index in [4.69, 9.17) is 14.8 Å². The van der Waals surface area contributed by atoms with E-state index < -0.39 is 0 Å². The predicted octanol–water partition coefficient (Wildman–Crippen LogP) is 2.22. The third-order valence-corrected chi connectivity index (χ3v) is 5.11. The fraction of sp³-hybridized carbons (Fsp3) is 0.579. The lowest BCUT2D eigenvalue weighted by atomic mass is 10.1. The van der Waals surface area contributed by atoms with Gasteiger partial charge in [0, 0.05) is 38.4 Å². The number of aliphatic hydroxyl groups excluding tert-OH is 1. The monoisotopic (exact) mass is 343 g/mol. The number of fused-ring (bicyclic) bond motifs is 1. The molecule has 0 bridgehead atoms. The van der Waals surface area contributed by atoms with Crippen LogP contribution in [0.4, 0.5) is 0 Å². The van der Waals surface area contributed by atoms with Crippen molar-refractivity contribution < 1.29 is 14.6 Å². The zero-order valence-corrected chi connectivity index (χ0v) is 14.4. The SMILES string of the molecule is O=C(c1nc(C2CC2)n2ccccc12)N1CCC(OCCCO)CC1. The van der Waals surface area contributed by atoms with Crippen LogP contribution in [0.1, 0.15) is 54.3 Å². The van der Waals surface area contributed by atoms with Gasteiger partial charge in [0.2, 0.25) is 0 Å². The second kappa shape index (κ2) is 7.14. The summed E-state index contributed by atoms with van der Waals surface area (Å²) in [6.45, 7) is 2.15. The molecule has 0 atom stereocenters. The molecular formula is C19H25N3O3. The standard InChI is InChI=1S/C19H25N3O3/c23-12-3-13-25-15-7-10-21(11-8-15)19(24)17-16-4-1-2-9-22(16)18(20-17)14-5-6-14/h1-2,4,9,14-15,23H,3,5-8,10-13H2. The molecular weight excluding hydrogens is 318 g/mol. The van der Waals surface area contributed by atoms with E-state index in [9.17, 15) is 4.79 Å². The number of pyridine rings is 1. The molecule has 134 valence electrons. The highest BCUT2D eigenvalue weighted by Gasteiger charge is 2.32. The number of aromatic nitrogens is 2. The van der Waals surface area contributed by atoms with Crippen LogP contribution >= 0.6 is 0 Å². The third-order valence-electron chi connectivity index (χ3n) is 5.11. The molecule has 0 spiro atoms. The van der Waals surface area contributed by atoms with Gasteiger partial charge in [0.05, 0.1) is 11.6 Å². The molecule has 3 heterocycles. The van der Waals surface area contributed by atoms with Gasteiger partial charge < -0.3 is 19.1 Å². The highest BCUT2D eigenvalue weighted by atomic mass is 16.5. The Labute approximate surface area is 147 Å². The molecule has 1 saturated carbocycles. The minimum atomic E-state index is 0.0319. The van der Waals surface area contributed by atoms with Gasteiger partial charge >= 0.3 is 0 Å². The van der Waals surface area contributed by atoms with Gasteiger partial charge in [-0.25, -0.2) is 4.98 Å². The van der Waals surface area contributed by atoms with Crippen LogP contribution in [-0.2, 0) is 4.74 Å². The van der Waals surface area contributed by atoms with Crippen molar-refractivity contribution >= 4 is 11.4 Å². The van der Waals surface area contributed by atoms with E-state index >= 15 is 0 Å². The molecule has 0 aromatic carbocycles. The molecule has 2 aliphatic rings. The number of amides is 1. The van der Waals surface area contributed by atoms with Crippen molar-refractivity contribution in [2.75, 3.05) is 26.3 Å². The van der Waals surface area contributed by atoms with Gasteiger partial charge in [-0.1, -0.05) is 6.07 Å². The predicted molar refractivity (Wildman–Crippen MR) is 93.7 cm³/mol. The van der Waals surface area contributed by atoms with Crippen LogP contribution < -0.4 is 0 Å². The van der Waals surface area contributed by atoms with E-state index in [1.54, 1.807) is 0 Å². The summed E-state index contributed by atoms with van der Waals surface area (Å²) in [7, 11) is 0. The first-order valence-corrected chi connectivity index (χ1v) is 9.26. The summed E-state index contributed by atoms with van der Waals surface area (Å²) < 4.78 is 7.83. The zero-order chi connectivity index (χ0) is 17.2. The van der Waals surface area contributed by atoms with E-state index in [1.807, 2.05) is 29.3 Å². The minimum Gasteiger partial charge on any atom is -0.396 e. The number of hydrogen-bond donors (Lipinski definition) is 1. The Morgan fingerprint density at radius 1 is 1.24 bits per heavy atom. The van der Waals surface area contributed by atoms with Crippen molar-refractivity contribution in [1.82, 2.24) is 14.3 Å². The number of carbonyl (C=O) groups is 1. The Hall–Kier alpha value is -1.92. The van der Waals surface area contributed by atoms with E-state index in [0.29, 0.717) is 37.7 Å². The highest BCUT2D eigenvalue weighted by Crippen LogP contribution is 2.40. The van der Waals surface area contributed by atoms with Crippen LogP contribution in [0.25, 0.3) is 5.52 Å². The van der Waals surface area contributed by atoms with Crippen LogP contribution in [-0.4, -0.2) is 57.7 Å². The largest absolute Gasteiger partial charge is 0.396 e. The first-order chi connectivity index (χ1) is 12.3. The van der Waals surface area contributed by atoms with Crippen molar-refractivity contribution in [3.8, 4) is 0 Å². The van der Waals surface area contributed by atoms with Crippen molar-refractivity contribution in [2.24, 2.45) is 0 Å². The van der Waals surface area contributed by atoms with Crippen molar-refractivity contribution in [1.29, 1.82) is 0 Å². The molecule has 0 unspecified atom stereocenters. The van der Waals surface area contributed by atoms with Crippen LogP contribution in [0.3, 0.4) is 0 Å². The number of imidazole rings is 1. The zero-order valence-electron chi connectivity index (χ0n) is 14.4. The van der Waals surface area contributed by atoms with Crippen LogP contribution in [0.5, 0.6) is 0 Å². The fourth-order valence-corrected chi connectivity index (χ4v) is 3.54. The summed E-state index contributed by atoms with van der Waals surface area (Å²) in [6, 6.07) is 5.94. The number of hydrogen-bond acceptors (Lipinski definition) is 4. The van der Waals surface area contributed by atoms with E-state index in [-0.39, 0.29) is 18.6 Å². The molecule has 2 fully saturated rings. The van der Waals surface area contributed by atoms with E-state index in [0.717, 1.165) is 37.0 Å². The second-order valence-corrected chi connectivity index (χ2v) is 6.99. The van der Waals surface area contributed by atoms with Gasteiger partial charge in [-0.3, -0.25) is 4.79 Å². The van der Waals surface area contributed by atoms with Gasteiger partial charge in [-0.2, -0.15) is 0 Å². The number of piperidine rings is 1. The Morgan fingerprint density at radius 3 is 2.76 bits per heavy atom. The summed E-state index contributed by atoms with van der Waals surface area (Å²) in [5.41, 5.74) is 1.50. The lowest BCUT2D eigenvalue weighted by molar-refractivity contribution is 0.00389. The van der Waals surface area contributed by atoms with Crippen molar-refractivity contribution in [3.05, 3.63) is 35.9 Å². The van der Waals surface area contributed by atoms with Gasteiger partial charge in [-0.05, 0) is 44.2 Å². The summed E-state index contributed by atoms with van der Waals surface area (Å²) in [5, 5.41) is 8.83. The number of aliphatic hydroxyl groups is 1. The molecule has 1 aliphatic carbocycles. The molecule has 1 saturated heterocycles. The topological polar surface area (TPSA) is 67.1 Å². The number of likely N-dealkylation sites (tertiary alicyclic amines) is 1. The molecule has 2 aromatic rings. The normalized spacial score (nSPS) is 18.8. The van der Waals surface area contributed by atoms with E-state index in [2.05, 4.69) is 4.40 Å². The average Bonchev–Trinajstić information content (AvgIpc) is 3.42. The molecule has 1 aliphatic heterocycles. The Kier molecular flexibility index (Phi) is 4.72. The summed E-state index contributed by atoms with van der Waals surface area (Å²) in [5.74, 6) is 1.56. The summed E-state index contributed by atoms with van der Waals surface area (Å²) in [6.07, 6.45) is 6.89. The van der Waals surface area contributed by atoms with Crippen LogP contribution in [0, 0.1) is 0 Å². The third kappa shape index (κ3) is 3.41. The molecule has 1 amide bonds. The quantitative estimate of drug-likeness (QED) is 0.817. The lowest BCUT2D eigenvalue weighted by Crippen LogP contribution is -2.41. The fourth-order valence-electron chi connectivity index (χ4n) is 3.54. The highest BCUT2D eigenvalue weighted by molar-refractivity contribution is 5.99. The number of nitrogens with zero attached hydrogens (tertiary/aromatic N) is 3.